The van der Waals surface area contributed by atoms with Crippen LogP contribution in [-0.2, 0) is 9.59 Å². The third-order valence-electron chi connectivity index (χ3n) is 3.19. The summed E-state index contributed by atoms with van der Waals surface area (Å²) in [6.07, 6.45) is 0.652. The van der Waals surface area contributed by atoms with Crippen molar-refractivity contribution in [2.75, 3.05) is 0 Å². The van der Waals surface area contributed by atoms with Crippen LogP contribution in [0.3, 0.4) is 0 Å². The molecule has 1 fully saturated rings. The number of carbonyl (C=O) groups is 2. The summed E-state index contributed by atoms with van der Waals surface area (Å²) < 4.78 is 0. The summed E-state index contributed by atoms with van der Waals surface area (Å²) in [5.41, 5.74) is -0.317. The third-order valence-corrected chi connectivity index (χ3v) is 3.19. The number of hydrogen-bond donors (Lipinski definition) is 1. The highest BCUT2D eigenvalue weighted by molar-refractivity contribution is 5.97. The van der Waals surface area contributed by atoms with Crippen LogP contribution in [-0.4, -0.2) is 34.3 Å². The summed E-state index contributed by atoms with van der Waals surface area (Å²) in [4.78, 5) is 26.2. The van der Waals surface area contributed by atoms with Crippen molar-refractivity contribution in [1.29, 1.82) is 0 Å². The molecule has 0 aromatic rings. The molecule has 1 saturated heterocycles. The second-order valence-corrected chi connectivity index (χ2v) is 6.03. The Bertz CT molecular complexity index is 318. The van der Waals surface area contributed by atoms with Gasteiger partial charge in [-0.2, -0.15) is 0 Å². The summed E-state index contributed by atoms with van der Waals surface area (Å²) in [6, 6.07) is -0.720. The number of hydrogen-bond acceptors (Lipinski definition) is 2. The van der Waals surface area contributed by atoms with E-state index in [0.29, 0.717) is 6.42 Å². The molecule has 0 aliphatic carbocycles. The fourth-order valence-electron chi connectivity index (χ4n) is 2.35. The molecule has 0 radical (unpaired) electrons. The zero-order chi connectivity index (χ0) is 13.4. The first kappa shape index (κ1) is 14.0. The molecule has 0 bridgehead atoms. The normalized spacial score (nSPS) is 26.4. The van der Waals surface area contributed by atoms with Gasteiger partial charge in [-0.25, -0.2) is 0 Å². The van der Waals surface area contributed by atoms with Gasteiger partial charge in [-0.05, 0) is 33.1 Å². The molecule has 1 rings (SSSR count). The third kappa shape index (κ3) is 2.61. The second-order valence-electron chi connectivity index (χ2n) is 6.03. The van der Waals surface area contributed by atoms with E-state index in [1.165, 1.54) is 0 Å². The maximum atomic E-state index is 12.4. The summed E-state index contributed by atoms with van der Waals surface area (Å²) in [7, 11) is 0. The van der Waals surface area contributed by atoms with E-state index in [0.717, 1.165) is 0 Å². The van der Waals surface area contributed by atoms with Gasteiger partial charge in [0.05, 0.1) is 0 Å². The van der Waals surface area contributed by atoms with Crippen LogP contribution in [0, 0.1) is 5.92 Å². The van der Waals surface area contributed by atoms with Gasteiger partial charge in [0, 0.05) is 5.54 Å². The molecule has 0 aromatic heterocycles. The second kappa shape index (κ2) is 4.67. The average Bonchev–Trinajstić information content (AvgIpc) is 2.17. The van der Waals surface area contributed by atoms with Gasteiger partial charge in [-0.3, -0.25) is 9.59 Å². The van der Waals surface area contributed by atoms with Gasteiger partial charge in [0.2, 0.25) is 11.8 Å². The lowest BCUT2D eigenvalue weighted by molar-refractivity contribution is -0.156. The zero-order valence-electron chi connectivity index (χ0n) is 11.7. The molecule has 2 amide bonds. The van der Waals surface area contributed by atoms with Gasteiger partial charge in [-0.15, -0.1) is 0 Å². The van der Waals surface area contributed by atoms with E-state index in [4.69, 9.17) is 0 Å². The largest absolute Gasteiger partial charge is 0.342 e. The van der Waals surface area contributed by atoms with Gasteiger partial charge in [-0.1, -0.05) is 20.8 Å². The predicted molar refractivity (Wildman–Crippen MR) is 67.4 cm³/mol. The molecular formula is C13H24N2O2. The van der Waals surface area contributed by atoms with Crippen LogP contribution >= 0.6 is 0 Å². The summed E-state index contributed by atoms with van der Waals surface area (Å²) >= 11 is 0. The first-order chi connectivity index (χ1) is 7.70. The Hall–Kier alpha value is -1.06. The van der Waals surface area contributed by atoms with Crippen molar-refractivity contribution in [3.63, 3.8) is 0 Å². The lowest BCUT2D eigenvalue weighted by atomic mass is 9.92. The maximum Gasteiger partial charge on any atom is 0.246 e. The Labute approximate surface area is 104 Å². The van der Waals surface area contributed by atoms with Crippen molar-refractivity contribution >= 4 is 11.8 Å². The highest BCUT2D eigenvalue weighted by Gasteiger charge is 2.45. The highest BCUT2D eigenvalue weighted by atomic mass is 16.2. The fourth-order valence-corrected chi connectivity index (χ4v) is 2.35. The smallest absolute Gasteiger partial charge is 0.246 e. The average molecular weight is 240 g/mol. The lowest BCUT2D eigenvalue weighted by Crippen LogP contribution is -2.68. The van der Waals surface area contributed by atoms with Gasteiger partial charge in [0.1, 0.15) is 12.1 Å². The molecule has 1 aliphatic heterocycles. The maximum absolute atomic E-state index is 12.4. The SMILES string of the molecule is CCC1C(=O)NC(C(C)C)C(=O)N1C(C)(C)C. The van der Waals surface area contributed by atoms with Crippen LogP contribution in [0.25, 0.3) is 0 Å². The topological polar surface area (TPSA) is 49.4 Å². The van der Waals surface area contributed by atoms with Crippen LogP contribution in [0.4, 0.5) is 0 Å². The van der Waals surface area contributed by atoms with Crippen molar-refractivity contribution in [2.45, 2.75) is 65.6 Å². The first-order valence-corrected chi connectivity index (χ1v) is 6.33. The number of piperazine rings is 1. The van der Waals surface area contributed by atoms with Crippen molar-refractivity contribution in [1.82, 2.24) is 10.2 Å². The molecule has 1 aliphatic rings. The molecule has 4 heteroatoms. The monoisotopic (exact) mass is 240 g/mol. The van der Waals surface area contributed by atoms with E-state index in [2.05, 4.69) is 5.32 Å². The molecule has 17 heavy (non-hydrogen) atoms. The Morgan fingerprint density at radius 1 is 1.29 bits per heavy atom. The number of nitrogens with one attached hydrogen (secondary N) is 1. The van der Waals surface area contributed by atoms with E-state index < -0.39 is 0 Å². The standard InChI is InChI=1S/C13H24N2O2/c1-7-9-11(16)14-10(8(2)3)12(17)15(9)13(4,5)6/h8-10H,7H2,1-6H3,(H,14,16). The Morgan fingerprint density at radius 2 is 1.82 bits per heavy atom. The Morgan fingerprint density at radius 3 is 2.18 bits per heavy atom. The van der Waals surface area contributed by atoms with Crippen molar-refractivity contribution in [3.05, 3.63) is 0 Å². The van der Waals surface area contributed by atoms with Crippen molar-refractivity contribution in [3.8, 4) is 0 Å². The summed E-state index contributed by atoms with van der Waals surface area (Å²) in [5, 5.41) is 2.84. The molecule has 98 valence electrons. The minimum atomic E-state index is -0.385. The molecule has 0 spiro atoms. The quantitative estimate of drug-likeness (QED) is 0.796. The van der Waals surface area contributed by atoms with Crippen LogP contribution in [0.1, 0.15) is 48.0 Å². The van der Waals surface area contributed by atoms with Gasteiger partial charge >= 0.3 is 0 Å². The van der Waals surface area contributed by atoms with Gasteiger partial charge < -0.3 is 10.2 Å². The van der Waals surface area contributed by atoms with E-state index in [1.54, 1.807) is 4.90 Å². The summed E-state index contributed by atoms with van der Waals surface area (Å²) in [6.45, 7) is 11.8. The Balaban J connectivity index is 3.10. The highest BCUT2D eigenvalue weighted by Crippen LogP contribution is 2.25. The first-order valence-electron chi connectivity index (χ1n) is 6.33. The van der Waals surface area contributed by atoms with Crippen molar-refractivity contribution < 1.29 is 9.59 Å². The fraction of sp³-hybridized carbons (Fsp3) is 0.846. The minimum Gasteiger partial charge on any atom is -0.342 e. The van der Waals surface area contributed by atoms with Crippen LogP contribution in [0.15, 0.2) is 0 Å². The van der Waals surface area contributed by atoms with E-state index in [1.807, 2.05) is 41.5 Å². The van der Waals surface area contributed by atoms with Gasteiger partial charge in [0.15, 0.2) is 0 Å². The van der Waals surface area contributed by atoms with Crippen LogP contribution < -0.4 is 5.32 Å². The molecular weight excluding hydrogens is 216 g/mol. The van der Waals surface area contributed by atoms with E-state index >= 15 is 0 Å². The molecule has 2 unspecified atom stereocenters. The number of nitrogens with zero attached hydrogens (tertiary/aromatic N) is 1. The molecule has 1 N–H and O–H groups in total. The number of rotatable bonds is 2. The van der Waals surface area contributed by atoms with Gasteiger partial charge in [0.25, 0.3) is 0 Å². The number of carbonyl (C=O) groups excluding carboxylic acids is 2. The predicted octanol–water partition coefficient (Wildman–Crippen LogP) is 1.55. The zero-order valence-corrected chi connectivity index (χ0v) is 11.7. The summed E-state index contributed by atoms with van der Waals surface area (Å²) in [5.74, 6) is 0.133. The molecule has 0 saturated carbocycles. The molecule has 2 atom stereocenters. The van der Waals surface area contributed by atoms with E-state index in [9.17, 15) is 9.59 Å². The molecule has 0 aromatic carbocycles. The van der Waals surface area contributed by atoms with Crippen LogP contribution in [0.5, 0.6) is 0 Å². The molecule has 1 heterocycles. The lowest BCUT2D eigenvalue weighted by Gasteiger charge is -2.47. The Kier molecular flexibility index (Phi) is 3.84. The molecule has 4 nitrogen and oxygen atoms in total. The number of amides is 2. The van der Waals surface area contributed by atoms with E-state index in [-0.39, 0.29) is 35.4 Å². The van der Waals surface area contributed by atoms with Crippen molar-refractivity contribution in [2.24, 2.45) is 5.92 Å². The minimum absolute atomic E-state index is 0.0271. The van der Waals surface area contributed by atoms with Crippen LogP contribution in [0.2, 0.25) is 0 Å².